The Morgan fingerprint density at radius 1 is 1.21 bits per heavy atom. The molecular weight excluding hydrogens is 262 g/mol. The number of rotatable bonds is 7. The smallest absolute Gasteiger partial charge is 0.147 e. The van der Waals surface area contributed by atoms with Gasteiger partial charge in [-0.3, -0.25) is 0 Å². The van der Waals surface area contributed by atoms with E-state index >= 15 is 0 Å². The number of hydrogen-bond acceptors (Lipinski definition) is 4. The van der Waals surface area contributed by atoms with Crippen molar-refractivity contribution < 1.29 is 13.2 Å². The zero-order chi connectivity index (χ0) is 14.5. The molecule has 108 valence electrons. The Balaban J connectivity index is 2.64. The highest BCUT2D eigenvalue weighted by atomic mass is 32.2. The highest BCUT2D eigenvalue weighted by molar-refractivity contribution is 7.90. The van der Waals surface area contributed by atoms with Gasteiger partial charge in [0.2, 0.25) is 0 Å². The van der Waals surface area contributed by atoms with Crippen LogP contribution in [0, 0.1) is 13.8 Å². The summed E-state index contributed by atoms with van der Waals surface area (Å²) in [6.45, 7) is 5.05. The molecule has 5 heteroatoms. The Kier molecular flexibility index (Phi) is 5.82. The Hall–Kier alpha value is -1.07. The van der Waals surface area contributed by atoms with E-state index in [1.807, 2.05) is 13.8 Å². The van der Waals surface area contributed by atoms with Crippen molar-refractivity contribution in [3.8, 4) is 5.75 Å². The third kappa shape index (κ3) is 5.61. The maximum absolute atomic E-state index is 11.0. The molecule has 0 aliphatic heterocycles. The van der Waals surface area contributed by atoms with E-state index in [0.717, 1.165) is 23.3 Å². The summed E-state index contributed by atoms with van der Waals surface area (Å²) in [5, 5.41) is 0. The molecule has 0 saturated carbocycles. The fourth-order valence-corrected chi connectivity index (χ4v) is 2.72. The quantitative estimate of drug-likeness (QED) is 0.773. The first-order valence-corrected chi connectivity index (χ1v) is 8.50. The van der Waals surface area contributed by atoms with Gasteiger partial charge in [0.15, 0.2) is 0 Å². The van der Waals surface area contributed by atoms with Crippen LogP contribution in [0.15, 0.2) is 12.1 Å². The van der Waals surface area contributed by atoms with E-state index in [-0.39, 0.29) is 5.75 Å². The van der Waals surface area contributed by atoms with Gasteiger partial charge < -0.3 is 10.5 Å². The van der Waals surface area contributed by atoms with E-state index in [1.54, 1.807) is 0 Å². The molecule has 1 aromatic carbocycles. The average Bonchev–Trinajstić information content (AvgIpc) is 2.26. The Labute approximate surface area is 115 Å². The summed E-state index contributed by atoms with van der Waals surface area (Å²) in [6, 6.07) is 4.15. The van der Waals surface area contributed by atoms with Gasteiger partial charge in [-0.05, 0) is 49.9 Å². The minimum Gasteiger partial charge on any atom is -0.493 e. The monoisotopic (exact) mass is 285 g/mol. The van der Waals surface area contributed by atoms with Crippen LogP contribution >= 0.6 is 0 Å². The number of benzene rings is 1. The molecule has 1 aromatic rings. The second kappa shape index (κ2) is 6.91. The first-order chi connectivity index (χ1) is 8.83. The number of aryl methyl sites for hydroxylation is 2. The minimum absolute atomic E-state index is 0.163. The molecule has 0 aliphatic rings. The van der Waals surface area contributed by atoms with Gasteiger partial charge in [-0.15, -0.1) is 0 Å². The molecule has 0 aliphatic carbocycles. The fourth-order valence-electron chi connectivity index (χ4n) is 2.07. The molecule has 0 fully saturated rings. The van der Waals surface area contributed by atoms with Crippen LogP contribution in [-0.4, -0.2) is 33.6 Å². The van der Waals surface area contributed by atoms with Crippen LogP contribution in [0.4, 0.5) is 0 Å². The van der Waals surface area contributed by atoms with Gasteiger partial charge in [0.1, 0.15) is 15.6 Å². The maximum atomic E-state index is 11.0. The summed E-state index contributed by atoms with van der Waals surface area (Å²) in [4.78, 5) is 0. The minimum atomic E-state index is -2.91. The number of sulfone groups is 1. The molecule has 0 radical (unpaired) electrons. The first-order valence-electron chi connectivity index (χ1n) is 6.44. The Bertz CT molecular complexity index is 500. The maximum Gasteiger partial charge on any atom is 0.147 e. The van der Waals surface area contributed by atoms with Crippen LogP contribution in [0.2, 0.25) is 0 Å². The average molecular weight is 285 g/mol. The topological polar surface area (TPSA) is 69.4 Å². The van der Waals surface area contributed by atoms with E-state index in [0.29, 0.717) is 19.6 Å². The van der Waals surface area contributed by atoms with Crippen LogP contribution in [0.1, 0.15) is 23.1 Å². The molecule has 4 nitrogen and oxygen atoms in total. The molecule has 19 heavy (non-hydrogen) atoms. The van der Waals surface area contributed by atoms with Crippen molar-refractivity contribution in [1.82, 2.24) is 0 Å². The van der Waals surface area contributed by atoms with Crippen LogP contribution in [-0.2, 0) is 16.3 Å². The molecular formula is C14H23NO3S. The zero-order valence-electron chi connectivity index (χ0n) is 11.9. The number of hydrogen-bond donors (Lipinski definition) is 1. The van der Waals surface area contributed by atoms with E-state index in [2.05, 4.69) is 12.1 Å². The number of ether oxygens (including phenoxy) is 1. The van der Waals surface area contributed by atoms with Crippen molar-refractivity contribution in [2.45, 2.75) is 26.7 Å². The van der Waals surface area contributed by atoms with Crippen LogP contribution in [0.5, 0.6) is 5.75 Å². The normalized spacial score (nSPS) is 11.6. The summed E-state index contributed by atoms with van der Waals surface area (Å²) in [7, 11) is -2.91. The van der Waals surface area contributed by atoms with Gasteiger partial charge in [-0.25, -0.2) is 8.42 Å². The van der Waals surface area contributed by atoms with Gasteiger partial charge in [-0.1, -0.05) is 12.1 Å². The molecule has 1 rings (SSSR count). The molecule has 0 aromatic heterocycles. The highest BCUT2D eigenvalue weighted by Crippen LogP contribution is 2.25. The van der Waals surface area contributed by atoms with Gasteiger partial charge in [0, 0.05) is 6.26 Å². The van der Waals surface area contributed by atoms with Crippen LogP contribution < -0.4 is 10.5 Å². The number of nitrogens with two attached hydrogens (primary N) is 1. The molecule has 0 heterocycles. The zero-order valence-corrected chi connectivity index (χ0v) is 12.7. The van der Waals surface area contributed by atoms with E-state index in [1.165, 1.54) is 11.8 Å². The summed E-state index contributed by atoms with van der Waals surface area (Å²) in [5.41, 5.74) is 8.90. The predicted octanol–water partition coefficient (Wildman–Crippen LogP) is 1.62. The fraction of sp³-hybridized carbons (Fsp3) is 0.571. The van der Waals surface area contributed by atoms with Crippen LogP contribution in [0.3, 0.4) is 0 Å². The lowest BCUT2D eigenvalue weighted by Gasteiger charge is -2.13. The largest absolute Gasteiger partial charge is 0.493 e. The summed E-state index contributed by atoms with van der Waals surface area (Å²) in [5.74, 6) is 1.02. The summed E-state index contributed by atoms with van der Waals surface area (Å²) >= 11 is 0. The van der Waals surface area contributed by atoms with Crippen molar-refractivity contribution >= 4 is 9.84 Å². The third-order valence-corrected chi connectivity index (χ3v) is 3.89. The van der Waals surface area contributed by atoms with E-state index in [9.17, 15) is 8.42 Å². The molecule has 0 amide bonds. The van der Waals surface area contributed by atoms with Crippen molar-refractivity contribution in [1.29, 1.82) is 0 Å². The van der Waals surface area contributed by atoms with Gasteiger partial charge in [0.05, 0.1) is 12.4 Å². The second-order valence-electron chi connectivity index (χ2n) is 4.93. The highest BCUT2D eigenvalue weighted by Gasteiger charge is 2.07. The van der Waals surface area contributed by atoms with Crippen molar-refractivity contribution in [2.75, 3.05) is 25.2 Å². The molecule has 0 bridgehead atoms. The van der Waals surface area contributed by atoms with E-state index in [4.69, 9.17) is 10.5 Å². The lowest BCUT2D eigenvalue weighted by molar-refractivity contribution is 0.313. The van der Waals surface area contributed by atoms with Crippen molar-refractivity contribution in [3.63, 3.8) is 0 Å². The third-order valence-electron chi connectivity index (χ3n) is 2.86. The van der Waals surface area contributed by atoms with Gasteiger partial charge in [0.25, 0.3) is 0 Å². The Morgan fingerprint density at radius 2 is 1.79 bits per heavy atom. The molecule has 0 saturated heterocycles. The Morgan fingerprint density at radius 3 is 2.26 bits per heavy atom. The first kappa shape index (κ1) is 16.0. The molecule has 0 atom stereocenters. The molecule has 0 unspecified atom stereocenters. The standard InChI is InChI=1S/C14H23NO3S/c1-11-9-13(5-6-15)10-12(2)14(11)18-7-4-8-19(3,16)17/h9-10H,4-8,15H2,1-3H3. The van der Waals surface area contributed by atoms with Gasteiger partial charge >= 0.3 is 0 Å². The van der Waals surface area contributed by atoms with Gasteiger partial charge in [-0.2, -0.15) is 0 Å². The molecule has 0 spiro atoms. The molecule has 2 N–H and O–H groups in total. The summed E-state index contributed by atoms with van der Waals surface area (Å²) in [6.07, 6.45) is 2.61. The second-order valence-corrected chi connectivity index (χ2v) is 7.19. The van der Waals surface area contributed by atoms with E-state index < -0.39 is 9.84 Å². The SMILES string of the molecule is Cc1cc(CCN)cc(C)c1OCCCS(C)(=O)=O. The lowest BCUT2D eigenvalue weighted by atomic mass is 10.0. The predicted molar refractivity (Wildman–Crippen MR) is 78.5 cm³/mol. The van der Waals surface area contributed by atoms with Crippen LogP contribution in [0.25, 0.3) is 0 Å². The lowest BCUT2D eigenvalue weighted by Crippen LogP contribution is -2.09. The summed E-state index contributed by atoms with van der Waals surface area (Å²) < 4.78 is 27.8. The van der Waals surface area contributed by atoms with Crippen molar-refractivity contribution in [3.05, 3.63) is 28.8 Å². The van der Waals surface area contributed by atoms with Crippen molar-refractivity contribution in [2.24, 2.45) is 5.73 Å².